The molecule has 3 aliphatic carbocycles. The van der Waals surface area contributed by atoms with Crippen LogP contribution >= 0.6 is 11.8 Å². The highest BCUT2D eigenvalue weighted by atomic mass is 32.2. The van der Waals surface area contributed by atoms with E-state index in [-0.39, 0.29) is 55.3 Å². The molecular weight excluding hydrogens is 729 g/mol. The number of nitrogens with zero attached hydrogens (tertiary/aromatic N) is 2. The number of allylic oxidation sites excluding steroid dienone is 1. The van der Waals surface area contributed by atoms with Gasteiger partial charge in [-0.3, -0.25) is 4.79 Å². The van der Waals surface area contributed by atoms with E-state index >= 15 is 0 Å². The normalized spacial score (nSPS) is 28.7. The van der Waals surface area contributed by atoms with Gasteiger partial charge < -0.3 is 38.9 Å². The minimum absolute atomic E-state index is 0.000553. The lowest BCUT2D eigenvalue weighted by molar-refractivity contribution is -0.256. The summed E-state index contributed by atoms with van der Waals surface area (Å²) in [5, 5.41) is 24.7. The lowest BCUT2D eigenvalue weighted by atomic mass is 9.55. The van der Waals surface area contributed by atoms with E-state index in [9.17, 15) is 15.0 Å². The first kappa shape index (κ1) is 40.8. The van der Waals surface area contributed by atoms with Crippen LogP contribution in [0, 0.1) is 23.7 Å². The summed E-state index contributed by atoms with van der Waals surface area (Å²) in [4.78, 5) is 23.3. The molecule has 1 amide bonds. The molecule has 7 atom stereocenters. The van der Waals surface area contributed by atoms with E-state index in [2.05, 4.69) is 30.9 Å². The van der Waals surface area contributed by atoms with Gasteiger partial charge in [0.1, 0.15) is 17.5 Å². The molecule has 0 radical (unpaired) electrons. The maximum absolute atomic E-state index is 14.0. The number of hydrogen-bond donors (Lipinski definition) is 2. The number of likely N-dealkylation sites (N-methyl/N-ethyl adjacent to an activating group) is 1. The number of carbonyl (C=O) groups excluding carboxylic acids is 1. The first-order valence-electron chi connectivity index (χ1n) is 20.9. The summed E-state index contributed by atoms with van der Waals surface area (Å²) in [6, 6.07) is 16.0. The van der Waals surface area contributed by atoms with Gasteiger partial charge in [-0.2, -0.15) is 0 Å². The molecule has 11 heteroatoms. The minimum atomic E-state index is -1.24. The van der Waals surface area contributed by atoms with E-state index in [1.54, 1.807) is 17.8 Å². The Bertz CT molecular complexity index is 1680. The zero-order valence-corrected chi connectivity index (χ0v) is 33.7. The summed E-state index contributed by atoms with van der Waals surface area (Å²) in [5.41, 5.74) is 2.88. The molecule has 2 N–H and O–H groups in total. The molecule has 56 heavy (non-hydrogen) atoms. The van der Waals surface area contributed by atoms with Gasteiger partial charge >= 0.3 is 0 Å². The van der Waals surface area contributed by atoms with Crippen molar-refractivity contribution in [1.82, 2.24) is 4.90 Å². The third-order valence-electron chi connectivity index (χ3n) is 12.2. The van der Waals surface area contributed by atoms with E-state index < -0.39 is 18.1 Å². The monoisotopic (exact) mass is 788 g/mol. The minimum Gasteiger partial charge on any atom is -0.493 e. The number of carbonyl (C=O) groups is 1. The topological polar surface area (TPSA) is 119 Å². The van der Waals surface area contributed by atoms with Crippen LogP contribution in [-0.4, -0.2) is 90.7 Å². The molecule has 2 heterocycles. The number of hydrogen-bond acceptors (Lipinski definition) is 10. The molecule has 0 aromatic heterocycles. The van der Waals surface area contributed by atoms with Gasteiger partial charge in [-0.1, -0.05) is 48.3 Å². The molecule has 2 aliphatic heterocycles. The van der Waals surface area contributed by atoms with Crippen molar-refractivity contribution in [3.63, 3.8) is 0 Å². The number of ether oxygens (including phenoxy) is 4. The number of oxime groups is 1. The van der Waals surface area contributed by atoms with Crippen molar-refractivity contribution in [3.8, 4) is 11.5 Å². The Labute approximate surface area is 336 Å². The highest BCUT2D eigenvalue weighted by Crippen LogP contribution is 2.62. The maximum Gasteiger partial charge on any atom is 0.239 e. The lowest BCUT2D eigenvalue weighted by Gasteiger charge is -2.59. The molecule has 7 rings (SSSR count). The van der Waals surface area contributed by atoms with E-state index in [4.69, 9.17) is 28.9 Å². The van der Waals surface area contributed by atoms with Crippen molar-refractivity contribution in [3.05, 3.63) is 78.4 Å². The van der Waals surface area contributed by atoms with Crippen LogP contribution < -0.4 is 9.47 Å². The molecule has 0 spiro atoms. The van der Waals surface area contributed by atoms with E-state index in [0.717, 1.165) is 98.3 Å². The number of benzene rings is 2. The van der Waals surface area contributed by atoms with Crippen molar-refractivity contribution in [2.24, 2.45) is 28.8 Å². The fourth-order valence-electron chi connectivity index (χ4n) is 9.34. The van der Waals surface area contributed by atoms with Gasteiger partial charge in [0, 0.05) is 61.2 Å². The number of aliphatic hydroxyl groups is 2. The van der Waals surface area contributed by atoms with Crippen LogP contribution in [0.4, 0.5) is 0 Å². The van der Waals surface area contributed by atoms with Gasteiger partial charge in [-0.15, -0.1) is 18.3 Å². The van der Waals surface area contributed by atoms with Crippen molar-refractivity contribution >= 4 is 23.4 Å². The molecule has 10 nitrogen and oxygen atoms in total. The van der Waals surface area contributed by atoms with Gasteiger partial charge in [0.2, 0.25) is 18.0 Å². The number of rotatable bonds is 20. The lowest BCUT2D eigenvalue weighted by Crippen LogP contribution is -2.69. The van der Waals surface area contributed by atoms with Gasteiger partial charge in [0.15, 0.2) is 0 Å². The summed E-state index contributed by atoms with van der Waals surface area (Å²) in [6.45, 7) is 5.73. The quantitative estimate of drug-likeness (QED) is 0.0598. The molecule has 3 fully saturated rings. The average molecular weight is 789 g/mol. The first-order valence-corrected chi connectivity index (χ1v) is 21.9. The molecule has 304 valence electrons. The number of aliphatic hydroxyl groups excluding tert-OH is 2. The molecule has 1 unspecified atom stereocenters. The SMILES string of the molecule is C=CCO[C@@]12Oc3ccc(OCCSc4ccccc4)cc3[C@H]3[C@H](CCCCO)[C@@H](CCCCO)C=C(C(=NOC4CCCCO4)C[C@@H]1N(C)C(=O)C1CC1)[C@H]32. The Morgan fingerprint density at radius 3 is 2.59 bits per heavy atom. The highest BCUT2D eigenvalue weighted by molar-refractivity contribution is 7.99. The molecule has 2 aromatic rings. The predicted molar refractivity (Wildman–Crippen MR) is 218 cm³/mol. The Morgan fingerprint density at radius 1 is 1.05 bits per heavy atom. The first-order chi connectivity index (χ1) is 27.5. The summed E-state index contributed by atoms with van der Waals surface area (Å²) < 4.78 is 26.7. The van der Waals surface area contributed by atoms with Crippen molar-refractivity contribution in [2.75, 3.05) is 45.8 Å². The third-order valence-corrected chi connectivity index (χ3v) is 13.1. The van der Waals surface area contributed by atoms with Crippen LogP contribution in [0.3, 0.4) is 0 Å². The third kappa shape index (κ3) is 9.18. The maximum atomic E-state index is 14.0. The van der Waals surface area contributed by atoms with Crippen LogP contribution in [0.15, 0.2) is 82.9 Å². The van der Waals surface area contributed by atoms with E-state index in [1.165, 1.54) is 4.90 Å². The smallest absolute Gasteiger partial charge is 0.239 e. The predicted octanol–water partition coefficient (Wildman–Crippen LogP) is 7.89. The summed E-state index contributed by atoms with van der Waals surface area (Å²) >= 11 is 1.77. The zero-order chi connectivity index (χ0) is 38.9. The van der Waals surface area contributed by atoms with Crippen LogP contribution in [0.2, 0.25) is 0 Å². The fraction of sp³-hybridized carbons (Fsp3) is 0.600. The standard InChI is InChI=1S/C45H60N2O8S/c1-3-24-53-45-40(47(2)44(50)31-18-19-31)30-38(46-55-41-17-9-12-25-52-41)36-28-32(13-7-10-22-48)35(16-8-11-23-49)42(43(36)45)37-29-33(20-21-39(37)54-45)51-26-27-56-34-14-5-4-6-15-34/h3-6,14-15,20-21,28-29,31-32,35,40-43,48-49H,1,7-13,16-19,22-27,30H2,2H3/t32-,35+,40-,41?,42+,43+,45+/m0/s1. The van der Waals surface area contributed by atoms with Crippen LogP contribution in [-0.2, 0) is 19.1 Å². The van der Waals surface area contributed by atoms with Crippen LogP contribution in [0.5, 0.6) is 11.5 Å². The zero-order valence-electron chi connectivity index (χ0n) is 32.9. The molecule has 0 bridgehead atoms. The van der Waals surface area contributed by atoms with Crippen LogP contribution in [0.25, 0.3) is 0 Å². The second-order valence-electron chi connectivity index (χ2n) is 15.9. The average Bonchev–Trinajstić information content (AvgIpc) is 4.08. The summed E-state index contributed by atoms with van der Waals surface area (Å²) in [6.07, 6.45) is 13.6. The van der Waals surface area contributed by atoms with Gasteiger partial charge in [-0.05, 0) is 99.1 Å². The molecule has 2 saturated carbocycles. The van der Waals surface area contributed by atoms with Crippen molar-refractivity contribution in [1.29, 1.82) is 0 Å². The molecule has 1 saturated heterocycles. The number of thioether (sulfide) groups is 1. The Hall–Kier alpha value is -3.35. The van der Waals surface area contributed by atoms with Crippen LogP contribution in [0.1, 0.15) is 88.5 Å². The fourth-order valence-corrected chi connectivity index (χ4v) is 10.1. The molecule has 5 aliphatic rings. The van der Waals surface area contributed by atoms with Gasteiger partial charge in [0.05, 0.1) is 31.5 Å². The Morgan fingerprint density at radius 2 is 1.86 bits per heavy atom. The summed E-state index contributed by atoms with van der Waals surface area (Å²) in [7, 11) is 1.89. The largest absolute Gasteiger partial charge is 0.493 e. The van der Waals surface area contributed by atoms with Crippen molar-refractivity contribution < 1.29 is 38.8 Å². The van der Waals surface area contributed by atoms with E-state index in [0.29, 0.717) is 26.1 Å². The Kier molecular flexibility index (Phi) is 14.1. The van der Waals surface area contributed by atoms with Gasteiger partial charge in [0.25, 0.3) is 0 Å². The number of fused-ring (bicyclic) bond motifs is 2. The summed E-state index contributed by atoms with van der Waals surface area (Å²) in [5.74, 6) is 1.05. The van der Waals surface area contributed by atoms with Crippen molar-refractivity contribution in [2.45, 2.75) is 106 Å². The second kappa shape index (κ2) is 19.4. The van der Waals surface area contributed by atoms with Gasteiger partial charge in [-0.25, -0.2) is 0 Å². The highest BCUT2D eigenvalue weighted by Gasteiger charge is 2.65. The van der Waals surface area contributed by atoms with E-state index in [1.807, 2.05) is 42.3 Å². The number of amides is 1. The number of unbranched alkanes of at least 4 members (excludes halogenated alkanes) is 2. The molecule has 2 aromatic carbocycles. The molecular formula is C45H60N2O8S. The second-order valence-corrected chi connectivity index (χ2v) is 17.1. The Balaban J connectivity index is 1.33.